The largest absolute Gasteiger partial charge is 0.416 e. The zero-order valence-electron chi connectivity index (χ0n) is 17.1. The number of nitrogens with one attached hydrogen (secondary N) is 1. The molecule has 32 heavy (non-hydrogen) atoms. The van der Waals surface area contributed by atoms with Gasteiger partial charge in [0.2, 0.25) is 5.89 Å². The summed E-state index contributed by atoms with van der Waals surface area (Å²) in [5, 5.41) is 8.82. The first-order valence-electron chi connectivity index (χ1n) is 10.3. The average Bonchev–Trinajstić information content (AvgIpc) is 3.51. The van der Waals surface area contributed by atoms with E-state index in [9.17, 15) is 13.2 Å². The molecule has 0 amide bonds. The molecule has 1 N–H and O–H groups in total. The SMILES string of the molecule is O=C(c1c[nH]c2ccccc12)[C@H](Sc1nnc(C[C@@H]2CCS(=O)(=O)C2)o1)c1ccccc1. The molecule has 0 aliphatic carbocycles. The second-order valence-corrected chi connectivity index (χ2v) is 11.2. The zero-order chi connectivity index (χ0) is 22.1. The van der Waals surface area contributed by atoms with Crippen LogP contribution < -0.4 is 0 Å². The minimum absolute atomic E-state index is 0.00364. The van der Waals surface area contributed by atoms with Crippen molar-refractivity contribution in [1.82, 2.24) is 15.2 Å². The Hall–Kier alpha value is -2.91. The van der Waals surface area contributed by atoms with Gasteiger partial charge in [0, 0.05) is 29.1 Å². The molecule has 4 aromatic rings. The van der Waals surface area contributed by atoms with Crippen LogP contribution in [-0.4, -0.2) is 40.9 Å². The van der Waals surface area contributed by atoms with E-state index in [1.807, 2.05) is 54.6 Å². The quantitative estimate of drug-likeness (QED) is 0.320. The van der Waals surface area contributed by atoms with Crippen molar-refractivity contribution < 1.29 is 17.6 Å². The lowest BCUT2D eigenvalue weighted by molar-refractivity contribution is 0.0990. The number of thioether (sulfide) groups is 1. The van der Waals surface area contributed by atoms with Gasteiger partial charge in [-0.2, -0.15) is 0 Å². The minimum atomic E-state index is -2.96. The van der Waals surface area contributed by atoms with E-state index in [0.29, 0.717) is 29.5 Å². The number of benzene rings is 2. The van der Waals surface area contributed by atoms with Crippen LogP contribution in [0.2, 0.25) is 0 Å². The number of para-hydroxylation sites is 1. The third kappa shape index (κ3) is 4.35. The van der Waals surface area contributed by atoms with Crippen LogP contribution in [0.4, 0.5) is 0 Å². The molecule has 1 saturated heterocycles. The molecular formula is C23H21N3O4S2. The average molecular weight is 468 g/mol. The Morgan fingerprint density at radius 2 is 1.91 bits per heavy atom. The van der Waals surface area contributed by atoms with Gasteiger partial charge in [-0.05, 0) is 35.7 Å². The number of H-pyrrole nitrogens is 1. The predicted octanol–water partition coefficient (Wildman–Crippen LogP) is 4.24. The van der Waals surface area contributed by atoms with Crippen LogP contribution in [0.1, 0.15) is 33.5 Å². The summed E-state index contributed by atoms with van der Waals surface area (Å²) in [5.74, 6) is 0.712. The van der Waals surface area contributed by atoms with Crippen LogP contribution in [0.3, 0.4) is 0 Å². The molecule has 1 aliphatic rings. The van der Waals surface area contributed by atoms with Gasteiger partial charge in [-0.1, -0.05) is 48.5 Å². The van der Waals surface area contributed by atoms with Crippen LogP contribution in [0.15, 0.2) is 70.4 Å². The lowest BCUT2D eigenvalue weighted by atomic mass is 10.0. The number of nitrogens with zero attached hydrogens (tertiary/aromatic N) is 2. The first-order valence-corrected chi connectivity index (χ1v) is 13.0. The normalized spacial score (nSPS) is 18.7. The van der Waals surface area contributed by atoms with E-state index in [1.165, 1.54) is 11.8 Å². The fraction of sp³-hybridized carbons (Fsp3) is 0.261. The minimum Gasteiger partial charge on any atom is -0.416 e. The van der Waals surface area contributed by atoms with Crippen molar-refractivity contribution in [1.29, 1.82) is 0 Å². The van der Waals surface area contributed by atoms with Gasteiger partial charge in [-0.25, -0.2) is 8.42 Å². The Morgan fingerprint density at radius 3 is 2.69 bits per heavy atom. The summed E-state index contributed by atoms with van der Waals surface area (Å²) in [4.78, 5) is 16.7. The van der Waals surface area contributed by atoms with Crippen LogP contribution in [-0.2, 0) is 16.3 Å². The number of Topliss-reactive ketones (excluding diaryl/α,β-unsaturated/α-hetero) is 1. The number of sulfone groups is 1. The number of hydrogen-bond donors (Lipinski definition) is 1. The van der Waals surface area contributed by atoms with Gasteiger partial charge in [0.15, 0.2) is 15.6 Å². The molecular weight excluding hydrogens is 446 g/mol. The number of aromatic amines is 1. The second kappa shape index (κ2) is 8.55. The number of aromatic nitrogens is 3. The molecule has 5 rings (SSSR count). The van der Waals surface area contributed by atoms with Crippen molar-refractivity contribution in [3.8, 4) is 0 Å². The fourth-order valence-electron chi connectivity index (χ4n) is 4.07. The maximum Gasteiger partial charge on any atom is 0.277 e. The molecule has 1 fully saturated rings. The Balaban J connectivity index is 1.40. The van der Waals surface area contributed by atoms with Crippen molar-refractivity contribution in [2.75, 3.05) is 11.5 Å². The summed E-state index contributed by atoms with van der Waals surface area (Å²) >= 11 is 1.21. The number of rotatable bonds is 7. The number of ketones is 1. The Morgan fingerprint density at radius 1 is 1.12 bits per heavy atom. The molecule has 7 nitrogen and oxygen atoms in total. The first kappa shape index (κ1) is 21.0. The van der Waals surface area contributed by atoms with Crippen molar-refractivity contribution in [2.45, 2.75) is 23.3 Å². The van der Waals surface area contributed by atoms with Gasteiger partial charge in [-0.15, -0.1) is 10.2 Å². The number of carbonyl (C=O) groups excluding carboxylic acids is 1. The lowest BCUT2D eigenvalue weighted by Crippen LogP contribution is -2.09. The summed E-state index contributed by atoms with van der Waals surface area (Å²) in [6, 6.07) is 17.2. The fourth-order valence-corrected chi connectivity index (χ4v) is 6.89. The Labute approximate surface area is 189 Å². The molecule has 0 radical (unpaired) electrons. The van der Waals surface area contributed by atoms with Crippen LogP contribution >= 0.6 is 11.8 Å². The van der Waals surface area contributed by atoms with Gasteiger partial charge in [-0.3, -0.25) is 4.79 Å². The molecule has 0 saturated carbocycles. The van der Waals surface area contributed by atoms with Gasteiger partial charge >= 0.3 is 0 Å². The molecule has 2 aromatic carbocycles. The van der Waals surface area contributed by atoms with E-state index >= 15 is 0 Å². The van der Waals surface area contributed by atoms with Gasteiger partial charge < -0.3 is 9.40 Å². The molecule has 1 aliphatic heterocycles. The molecule has 2 aromatic heterocycles. The predicted molar refractivity (Wildman–Crippen MR) is 122 cm³/mol. The molecule has 3 heterocycles. The zero-order valence-corrected chi connectivity index (χ0v) is 18.7. The Bertz CT molecular complexity index is 1360. The molecule has 2 atom stereocenters. The highest BCUT2D eigenvalue weighted by Gasteiger charge is 2.31. The third-order valence-corrected chi connectivity index (χ3v) is 8.58. The second-order valence-electron chi connectivity index (χ2n) is 7.96. The van der Waals surface area contributed by atoms with Gasteiger partial charge in [0.1, 0.15) is 5.25 Å². The summed E-state index contributed by atoms with van der Waals surface area (Å²) in [6.07, 6.45) is 2.78. The summed E-state index contributed by atoms with van der Waals surface area (Å²) in [7, 11) is -2.96. The standard InChI is InChI=1S/C23H21N3O4S2/c27-21(18-13-24-19-9-5-4-8-17(18)19)22(16-6-2-1-3-7-16)31-23-26-25-20(30-23)12-15-10-11-32(28,29)14-15/h1-9,13,15,22,24H,10-12,14H2/t15-,22+/m0/s1. The summed E-state index contributed by atoms with van der Waals surface area (Å²) in [5.41, 5.74) is 2.35. The smallest absolute Gasteiger partial charge is 0.277 e. The van der Waals surface area contributed by atoms with E-state index in [2.05, 4.69) is 15.2 Å². The van der Waals surface area contributed by atoms with E-state index in [4.69, 9.17) is 4.42 Å². The van der Waals surface area contributed by atoms with Crippen molar-refractivity contribution in [2.24, 2.45) is 5.92 Å². The topological polar surface area (TPSA) is 106 Å². The van der Waals surface area contributed by atoms with Gasteiger partial charge in [0.25, 0.3) is 5.22 Å². The molecule has 9 heteroatoms. The monoisotopic (exact) mass is 467 g/mol. The van der Waals surface area contributed by atoms with Gasteiger partial charge in [0.05, 0.1) is 11.5 Å². The number of hydrogen-bond acceptors (Lipinski definition) is 7. The highest BCUT2D eigenvalue weighted by atomic mass is 32.2. The number of carbonyl (C=O) groups is 1. The lowest BCUT2D eigenvalue weighted by Gasteiger charge is -2.13. The number of fused-ring (bicyclic) bond motifs is 1. The molecule has 0 unspecified atom stereocenters. The van der Waals surface area contributed by atoms with E-state index in [1.54, 1.807) is 6.20 Å². The molecule has 0 bridgehead atoms. The van der Waals surface area contributed by atoms with Crippen LogP contribution in [0.5, 0.6) is 0 Å². The van der Waals surface area contributed by atoms with Crippen molar-refractivity contribution >= 4 is 38.3 Å². The van der Waals surface area contributed by atoms with E-state index < -0.39 is 15.1 Å². The molecule has 164 valence electrons. The van der Waals surface area contributed by atoms with Crippen molar-refractivity contribution in [3.63, 3.8) is 0 Å². The van der Waals surface area contributed by atoms with Crippen LogP contribution in [0, 0.1) is 5.92 Å². The molecule has 0 spiro atoms. The Kier molecular flexibility index (Phi) is 5.60. The van der Waals surface area contributed by atoms with Crippen LogP contribution in [0.25, 0.3) is 10.9 Å². The maximum absolute atomic E-state index is 13.6. The summed E-state index contributed by atoms with van der Waals surface area (Å²) < 4.78 is 29.2. The van der Waals surface area contributed by atoms with Crippen molar-refractivity contribution in [3.05, 3.63) is 77.8 Å². The highest BCUT2D eigenvalue weighted by Crippen LogP contribution is 2.38. The maximum atomic E-state index is 13.6. The van der Waals surface area contributed by atoms with E-state index in [-0.39, 0.29) is 23.2 Å². The summed E-state index contributed by atoms with van der Waals surface area (Å²) in [6.45, 7) is 0. The first-order chi connectivity index (χ1) is 15.5. The highest BCUT2D eigenvalue weighted by molar-refractivity contribution is 8.00. The third-order valence-electron chi connectivity index (χ3n) is 5.65. The van der Waals surface area contributed by atoms with E-state index in [0.717, 1.165) is 16.5 Å².